The summed E-state index contributed by atoms with van der Waals surface area (Å²) in [6.45, 7) is 10.0. The summed E-state index contributed by atoms with van der Waals surface area (Å²) < 4.78 is 5.79. The van der Waals surface area contributed by atoms with Gasteiger partial charge in [-0.2, -0.15) is 0 Å². The second-order valence-corrected chi connectivity index (χ2v) is 4.59. The Morgan fingerprint density at radius 2 is 1.88 bits per heavy atom. The summed E-state index contributed by atoms with van der Waals surface area (Å²) in [4.78, 5) is 0. The van der Waals surface area contributed by atoms with E-state index in [1.165, 1.54) is 0 Å². The Hall–Kier alpha value is -1.02. The van der Waals surface area contributed by atoms with Gasteiger partial charge >= 0.3 is 0 Å². The second-order valence-electron chi connectivity index (χ2n) is 4.59. The fourth-order valence-corrected chi connectivity index (χ4v) is 1.85. The maximum atomic E-state index is 9.99. The number of rotatable bonds is 4. The van der Waals surface area contributed by atoms with Crippen LogP contribution in [-0.2, 0) is 0 Å². The lowest BCUT2D eigenvalue weighted by atomic mass is 10.00. The molecule has 0 spiro atoms. The Labute approximate surface area is 98.3 Å². The maximum absolute atomic E-state index is 9.99. The van der Waals surface area contributed by atoms with Crippen LogP contribution in [0, 0.1) is 13.8 Å². The van der Waals surface area contributed by atoms with Crippen molar-refractivity contribution < 1.29 is 9.84 Å². The van der Waals surface area contributed by atoms with Gasteiger partial charge in [0.15, 0.2) is 0 Å². The van der Waals surface area contributed by atoms with Crippen molar-refractivity contribution in [3.05, 3.63) is 28.8 Å². The van der Waals surface area contributed by atoms with Crippen LogP contribution in [0.1, 0.15) is 50.0 Å². The number of benzene rings is 1. The van der Waals surface area contributed by atoms with Crippen molar-refractivity contribution in [3.8, 4) is 5.75 Å². The lowest BCUT2D eigenvalue weighted by molar-refractivity contribution is 0.161. The Morgan fingerprint density at radius 1 is 1.25 bits per heavy atom. The molecule has 0 fully saturated rings. The Bertz CT molecular complexity index is 356. The molecule has 1 atom stereocenters. The molecule has 0 aliphatic heterocycles. The van der Waals surface area contributed by atoms with E-state index in [1.807, 2.05) is 40.7 Å². The molecule has 90 valence electrons. The fourth-order valence-electron chi connectivity index (χ4n) is 1.85. The monoisotopic (exact) mass is 222 g/mol. The molecule has 0 aliphatic carbocycles. The van der Waals surface area contributed by atoms with Crippen molar-refractivity contribution in [2.24, 2.45) is 0 Å². The second kappa shape index (κ2) is 5.35. The topological polar surface area (TPSA) is 29.5 Å². The van der Waals surface area contributed by atoms with Gasteiger partial charge in [0.25, 0.3) is 0 Å². The predicted octanol–water partition coefficient (Wildman–Crippen LogP) is 3.53. The molecule has 1 aromatic rings. The van der Waals surface area contributed by atoms with Gasteiger partial charge in [-0.05, 0) is 45.7 Å². The van der Waals surface area contributed by atoms with Gasteiger partial charge in [0, 0.05) is 5.56 Å². The van der Waals surface area contributed by atoms with Crippen molar-refractivity contribution in [1.29, 1.82) is 0 Å². The van der Waals surface area contributed by atoms with Crippen molar-refractivity contribution in [2.75, 3.05) is 0 Å². The van der Waals surface area contributed by atoms with Crippen LogP contribution in [0.3, 0.4) is 0 Å². The minimum Gasteiger partial charge on any atom is -0.490 e. The lowest BCUT2D eigenvalue weighted by Crippen LogP contribution is -2.11. The van der Waals surface area contributed by atoms with Gasteiger partial charge in [-0.15, -0.1) is 0 Å². The smallest absolute Gasteiger partial charge is 0.128 e. The number of ether oxygens (including phenoxy) is 1. The Balaban J connectivity index is 3.20. The quantitative estimate of drug-likeness (QED) is 0.844. The number of aryl methyl sites for hydroxylation is 2. The zero-order valence-corrected chi connectivity index (χ0v) is 10.9. The molecule has 1 aromatic carbocycles. The van der Waals surface area contributed by atoms with E-state index >= 15 is 0 Å². The highest BCUT2D eigenvalue weighted by Crippen LogP contribution is 2.32. The lowest BCUT2D eigenvalue weighted by Gasteiger charge is -2.20. The van der Waals surface area contributed by atoms with E-state index in [1.54, 1.807) is 0 Å². The molecule has 0 aromatic heterocycles. The van der Waals surface area contributed by atoms with Gasteiger partial charge in [-0.25, -0.2) is 0 Å². The maximum Gasteiger partial charge on any atom is 0.128 e. The molecule has 0 heterocycles. The third kappa shape index (κ3) is 2.99. The van der Waals surface area contributed by atoms with Crippen LogP contribution in [0.2, 0.25) is 0 Å². The van der Waals surface area contributed by atoms with Gasteiger partial charge < -0.3 is 9.84 Å². The summed E-state index contributed by atoms with van der Waals surface area (Å²) in [5.41, 5.74) is 3.17. The van der Waals surface area contributed by atoms with Gasteiger partial charge in [0.2, 0.25) is 0 Å². The van der Waals surface area contributed by atoms with Crippen LogP contribution in [0.5, 0.6) is 5.75 Å². The van der Waals surface area contributed by atoms with Crippen molar-refractivity contribution in [2.45, 2.75) is 53.2 Å². The van der Waals surface area contributed by atoms with Crippen molar-refractivity contribution in [3.63, 3.8) is 0 Å². The number of hydrogen-bond acceptors (Lipinski definition) is 2. The minimum atomic E-state index is -0.438. The molecular formula is C14H22O2. The normalized spacial score (nSPS) is 12.9. The zero-order valence-electron chi connectivity index (χ0n) is 10.9. The van der Waals surface area contributed by atoms with E-state index < -0.39 is 6.10 Å². The van der Waals surface area contributed by atoms with E-state index in [0.717, 1.165) is 22.4 Å². The summed E-state index contributed by atoms with van der Waals surface area (Å²) in [5, 5.41) is 9.99. The molecule has 0 saturated heterocycles. The van der Waals surface area contributed by atoms with Crippen LogP contribution in [0.4, 0.5) is 0 Å². The molecule has 1 rings (SSSR count). The largest absolute Gasteiger partial charge is 0.490 e. The Kier molecular flexibility index (Phi) is 4.36. The number of aliphatic hydroxyl groups excluding tert-OH is 1. The molecular weight excluding hydrogens is 200 g/mol. The molecule has 16 heavy (non-hydrogen) atoms. The number of aliphatic hydroxyl groups is 1. The summed E-state index contributed by atoms with van der Waals surface area (Å²) in [6, 6.07) is 4.10. The first-order valence-corrected chi connectivity index (χ1v) is 5.91. The fraction of sp³-hybridized carbons (Fsp3) is 0.571. The molecule has 1 unspecified atom stereocenters. The van der Waals surface area contributed by atoms with E-state index in [2.05, 4.69) is 6.07 Å². The van der Waals surface area contributed by atoms with Gasteiger partial charge in [0.1, 0.15) is 5.75 Å². The minimum absolute atomic E-state index is 0.129. The summed E-state index contributed by atoms with van der Waals surface area (Å²) in [7, 11) is 0. The van der Waals surface area contributed by atoms with Gasteiger partial charge in [-0.1, -0.05) is 18.6 Å². The average molecular weight is 222 g/mol. The van der Waals surface area contributed by atoms with Crippen molar-refractivity contribution in [1.82, 2.24) is 0 Å². The standard InChI is InChI=1S/C14H22O2/c1-6-13(15)12-8-10(4)7-11(5)14(12)16-9(2)3/h7-9,13,15H,6H2,1-5H3. The molecule has 2 nitrogen and oxygen atoms in total. The molecule has 0 amide bonds. The summed E-state index contributed by atoms with van der Waals surface area (Å²) >= 11 is 0. The van der Waals surface area contributed by atoms with E-state index in [4.69, 9.17) is 4.74 Å². The van der Waals surface area contributed by atoms with Crippen LogP contribution in [-0.4, -0.2) is 11.2 Å². The Morgan fingerprint density at radius 3 is 2.38 bits per heavy atom. The SMILES string of the molecule is CCC(O)c1cc(C)cc(C)c1OC(C)C. The first-order valence-electron chi connectivity index (χ1n) is 5.91. The summed E-state index contributed by atoms with van der Waals surface area (Å²) in [5.74, 6) is 0.843. The van der Waals surface area contributed by atoms with Crippen LogP contribution >= 0.6 is 0 Å². The van der Waals surface area contributed by atoms with Crippen molar-refractivity contribution >= 4 is 0 Å². The highest BCUT2D eigenvalue weighted by molar-refractivity contribution is 5.45. The summed E-state index contributed by atoms with van der Waals surface area (Å²) in [6.07, 6.45) is 0.397. The van der Waals surface area contributed by atoms with E-state index in [-0.39, 0.29) is 6.10 Å². The van der Waals surface area contributed by atoms with E-state index in [9.17, 15) is 5.11 Å². The highest BCUT2D eigenvalue weighted by Gasteiger charge is 2.15. The third-order valence-corrected chi connectivity index (χ3v) is 2.55. The van der Waals surface area contributed by atoms with Crippen LogP contribution in [0.25, 0.3) is 0 Å². The van der Waals surface area contributed by atoms with Gasteiger partial charge in [-0.3, -0.25) is 0 Å². The molecule has 0 saturated carbocycles. The molecule has 0 radical (unpaired) electrons. The first-order chi connectivity index (χ1) is 7.45. The predicted molar refractivity (Wildman–Crippen MR) is 66.9 cm³/mol. The zero-order chi connectivity index (χ0) is 12.3. The third-order valence-electron chi connectivity index (χ3n) is 2.55. The van der Waals surface area contributed by atoms with E-state index in [0.29, 0.717) is 6.42 Å². The first kappa shape index (κ1) is 13.0. The number of hydrogen-bond donors (Lipinski definition) is 1. The van der Waals surface area contributed by atoms with Crippen LogP contribution < -0.4 is 4.74 Å². The molecule has 2 heteroatoms. The average Bonchev–Trinajstić information content (AvgIpc) is 2.20. The molecule has 0 aliphatic rings. The molecule has 0 bridgehead atoms. The van der Waals surface area contributed by atoms with Crippen LogP contribution in [0.15, 0.2) is 12.1 Å². The van der Waals surface area contributed by atoms with Gasteiger partial charge in [0.05, 0.1) is 12.2 Å². The molecule has 1 N–H and O–H groups in total. The highest BCUT2D eigenvalue weighted by atomic mass is 16.5.